The zero-order valence-electron chi connectivity index (χ0n) is 37.0. The lowest BCUT2D eigenvalue weighted by Crippen LogP contribution is -2.30. The number of aliphatic hydroxyl groups excluding tert-OH is 4. The van der Waals surface area contributed by atoms with Crippen LogP contribution < -0.4 is 0 Å². The maximum Gasteiger partial charge on any atom is 0.472 e. The Balaban J connectivity index is 4.86. The molecule has 0 saturated heterocycles. The Labute approximate surface area is 370 Å². The molecule has 0 aliphatic rings. The van der Waals surface area contributed by atoms with E-state index in [0.29, 0.717) is 12.8 Å². The van der Waals surface area contributed by atoms with Crippen molar-refractivity contribution in [1.82, 2.24) is 0 Å². The molecule has 0 fully saturated rings. The average Bonchev–Trinajstić information content (AvgIpc) is 3.22. The number of allylic oxidation sites excluding steroid dienone is 8. The summed E-state index contributed by atoms with van der Waals surface area (Å²) in [5, 5.41) is 40.3. The Hall–Kier alpha value is -2.30. The van der Waals surface area contributed by atoms with E-state index in [-0.39, 0.29) is 25.7 Å². The monoisotopic (exact) mass is 924 g/mol. The first-order valence-corrected chi connectivity index (χ1v) is 25.3. The van der Waals surface area contributed by atoms with Gasteiger partial charge in [0, 0.05) is 12.8 Å². The fourth-order valence-electron chi connectivity index (χ4n) is 5.67. The Kier molecular flexibility index (Phi) is 37.6. The second kappa shape index (κ2) is 39.1. The molecular formula is C44H78O16P2. The molecule has 16 nitrogen and oxygen atoms in total. The van der Waals surface area contributed by atoms with Crippen LogP contribution in [0.4, 0.5) is 0 Å². The summed E-state index contributed by atoms with van der Waals surface area (Å²) in [5.41, 5.74) is 0. The van der Waals surface area contributed by atoms with Gasteiger partial charge in [-0.1, -0.05) is 145 Å². The molecule has 0 spiro atoms. The Bertz CT molecular complexity index is 1380. The maximum absolute atomic E-state index is 12.7. The molecular weight excluding hydrogens is 846 g/mol. The number of phosphoric ester groups is 2. The molecule has 0 aliphatic carbocycles. The van der Waals surface area contributed by atoms with Crippen LogP contribution in [0.25, 0.3) is 0 Å². The van der Waals surface area contributed by atoms with Crippen molar-refractivity contribution in [2.24, 2.45) is 0 Å². The number of carbonyl (C=O) groups excluding carboxylic acids is 2. The average molecular weight is 925 g/mol. The summed E-state index contributed by atoms with van der Waals surface area (Å²) in [4.78, 5) is 52.7. The van der Waals surface area contributed by atoms with Crippen LogP contribution >= 0.6 is 15.6 Å². The summed E-state index contributed by atoms with van der Waals surface area (Å²) in [6.07, 6.45) is 30.0. The number of unbranched alkanes of at least 4 members (excludes halogenated alkanes) is 13. The highest BCUT2D eigenvalue weighted by Gasteiger charge is 2.28. The van der Waals surface area contributed by atoms with Crippen molar-refractivity contribution < 1.29 is 76.9 Å². The van der Waals surface area contributed by atoms with Gasteiger partial charge in [-0.25, -0.2) is 9.13 Å². The standard InChI is InChI=1S/C44H78O16P2/c1-3-5-7-8-9-10-11-12-13-14-15-16-17-22-26-32-43(49)56-36-40(37-59-62(54,55)58-35-39(46)34-57-61(51,52)53)60-44(50)33-27-31-42(48)41(47)30-25-21-19-18-20-24-29-38(45)28-23-6-4-2/h12-13,18-21,24-25,29-30,38-42,45-48H,3-11,14-17,22-23,26-28,31-37H2,1-2H3,(H,54,55)(H2,51,52,53)/b13-12-,20-18-,21-19+,29-24+,30-25+/t38-,39-,40+,41-,42-/m0/s1. The van der Waals surface area contributed by atoms with E-state index >= 15 is 0 Å². The largest absolute Gasteiger partial charge is 0.472 e. The number of hydrogen-bond acceptors (Lipinski definition) is 13. The van der Waals surface area contributed by atoms with Crippen LogP contribution in [0.15, 0.2) is 60.8 Å². The SMILES string of the molecule is CCCCCCCC/C=C\CCCCCCCC(=O)OC[C@H](COP(=O)(O)OC[C@@H](O)COP(=O)(O)O)OC(=O)CCC[C@H](O)[C@@H](O)/C=C/C=C/C=C\C=C\[C@@H](O)CCCCC. The van der Waals surface area contributed by atoms with E-state index in [1.807, 2.05) is 0 Å². The normalized spacial score (nSPS) is 16.1. The van der Waals surface area contributed by atoms with Gasteiger partial charge in [-0.15, -0.1) is 0 Å². The van der Waals surface area contributed by atoms with Crippen LogP contribution in [-0.2, 0) is 41.8 Å². The third kappa shape index (κ3) is 40.5. The van der Waals surface area contributed by atoms with Gasteiger partial charge in [-0.05, 0) is 51.4 Å². The second-order valence-electron chi connectivity index (χ2n) is 15.2. The molecule has 0 aliphatic heterocycles. The molecule has 360 valence electrons. The topological polar surface area (TPSA) is 256 Å². The summed E-state index contributed by atoms with van der Waals surface area (Å²) in [6, 6.07) is 0. The molecule has 1 unspecified atom stereocenters. The minimum atomic E-state index is -4.91. The van der Waals surface area contributed by atoms with E-state index in [9.17, 15) is 44.0 Å². The summed E-state index contributed by atoms with van der Waals surface area (Å²) < 4.78 is 47.5. The fraction of sp³-hybridized carbons (Fsp3) is 0.727. The predicted molar refractivity (Wildman–Crippen MR) is 239 cm³/mol. The number of hydrogen-bond donors (Lipinski definition) is 7. The van der Waals surface area contributed by atoms with Crippen molar-refractivity contribution in [3.05, 3.63) is 60.8 Å². The predicted octanol–water partition coefficient (Wildman–Crippen LogP) is 8.14. The van der Waals surface area contributed by atoms with Gasteiger partial charge in [0.25, 0.3) is 0 Å². The van der Waals surface area contributed by atoms with E-state index in [1.165, 1.54) is 44.6 Å². The summed E-state index contributed by atoms with van der Waals surface area (Å²) >= 11 is 0. The van der Waals surface area contributed by atoms with Gasteiger partial charge in [0.05, 0.1) is 38.1 Å². The molecule has 0 saturated carbocycles. The molecule has 18 heteroatoms. The lowest BCUT2D eigenvalue weighted by molar-refractivity contribution is -0.161. The molecule has 0 heterocycles. The molecule has 0 aromatic heterocycles. The Morgan fingerprint density at radius 1 is 0.548 bits per heavy atom. The molecule has 6 atom stereocenters. The van der Waals surface area contributed by atoms with E-state index < -0.39 is 84.5 Å². The summed E-state index contributed by atoms with van der Waals surface area (Å²) in [5.74, 6) is -1.37. The van der Waals surface area contributed by atoms with Gasteiger partial charge in [0.1, 0.15) is 12.7 Å². The van der Waals surface area contributed by atoms with Crippen LogP contribution in [0.2, 0.25) is 0 Å². The molecule has 0 rings (SSSR count). The second-order valence-corrected chi connectivity index (χ2v) is 17.9. The van der Waals surface area contributed by atoms with E-state index in [2.05, 4.69) is 35.0 Å². The highest BCUT2D eigenvalue weighted by molar-refractivity contribution is 7.47. The first-order chi connectivity index (χ1) is 29.6. The van der Waals surface area contributed by atoms with Crippen molar-refractivity contribution in [2.45, 2.75) is 179 Å². The van der Waals surface area contributed by atoms with Gasteiger partial charge >= 0.3 is 27.6 Å². The quantitative estimate of drug-likeness (QED) is 0.0100. The molecule has 0 aromatic rings. The zero-order valence-corrected chi connectivity index (χ0v) is 38.8. The van der Waals surface area contributed by atoms with E-state index in [4.69, 9.17) is 23.8 Å². The molecule has 0 amide bonds. The first-order valence-electron chi connectivity index (χ1n) is 22.3. The van der Waals surface area contributed by atoms with Gasteiger partial charge in [0.2, 0.25) is 0 Å². The molecule has 0 radical (unpaired) electrons. The van der Waals surface area contributed by atoms with Crippen LogP contribution in [-0.4, -0.2) is 104 Å². The highest BCUT2D eigenvalue weighted by Crippen LogP contribution is 2.43. The number of phosphoric acid groups is 2. The van der Waals surface area contributed by atoms with Gasteiger partial charge in [0.15, 0.2) is 6.10 Å². The lowest BCUT2D eigenvalue weighted by atomic mass is 10.1. The van der Waals surface area contributed by atoms with Crippen molar-refractivity contribution in [2.75, 3.05) is 26.4 Å². The lowest BCUT2D eigenvalue weighted by Gasteiger charge is -2.21. The number of carbonyl (C=O) groups is 2. The number of ether oxygens (including phenoxy) is 2. The molecule has 7 N–H and O–H groups in total. The van der Waals surface area contributed by atoms with E-state index in [0.717, 1.165) is 57.8 Å². The molecule has 62 heavy (non-hydrogen) atoms. The van der Waals surface area contributed by atoms with Crippen molar-refractivity contribution in [3.63, 3.8) is 0 Å². The van der Waals surface area contributed by atoms with Crippen LogP contribution in [0.5, 0.6) is 0 Å². The van der Waals surface area contributed by atoms with Crippen LogP contribution in [0.3, 0.4) is 0 Å². The van der Waals surface area contributed by atoms with Crippen molar-refractivity contribution >= 4 is 27.6 Å². The molecule has 0 bridgehead atoms. The Morgan fingerprint density at radius 3 is 1.69 bits per heavy atom. The number of esters is 2. The minimum absolute atomic E-state index is 0.0233. The van der Waals surface area contributed by atoms with Crippen LogP contribution in [0.1, 0.15) is 149 Å². The Morgan fingerprint density at radius 2 is 1.06 bits per heavy atom. The van der Waals surface area contributed by atoms with Gasteiger partial charge in [-0.2, -0.15) is 0 Å². The van der Waals surface area contributed by atoms with Gasteiger partial charge < -0.3 is 44.6 Å². The first kappa shape index (κ1) is 59.7. The number of aliphatic hydroxyl groups is 4. The summed E-state index contributed by atoms with van der Waals surface area (Å²) in [7, 11) is -9.82. The fourth-order valence-corrected chi connectivity index (χ4v) is 6.82. The third-order valence-electron chi connectivity index (χ3n) is 9.24. The van der Waals surface area contributed by atoms with Gasteiger partial charge in [-0.3, -0.25) is 23.2 Å². The highest BCUT2D eigenvalue weighted by atomic mass is 31.2. The minimum Gasteiger partial charge on any atom is -0.462 e. The maximum atomic E-state index is 12.7. The summed E-state index contributed by atoms with van der Waals surface area (Å²) in [6.45, 7) is 1.24. The van der Waals surface area contributed by atoms with Crippen LogP contribution in [0, 0.1) is 0 Å². The van der Waals surface area contributed by atoms with Crippen molar-refractivity contribution in [1.29, 1.82) is 0 Å². The zero-order chi connectivity index (χ0) is 46.3. The van der Waals surface area contributed by atoms with Crippen molar-refractivity contribution in [3.8, 4) is 0 Å². The number of rotatable bonds is 41. The smallest absolute Gasteiger partial charge is 0.462 e. The van der Waals surface area contributed by atoms with E-state index in [1.54, 1.807) is 42.5 Å². The molecule has 0 aromatic carbocycles. The third-order valence-corrected chi connectivity index (χ3v) is 10.7.